The Labute approximate surface area is 225 Å². The van der Waals surface area contributed by atoms with Crippen LogP contribution in [0.15, 0.2) is 36.7 Å². The van der Waals surface area contributed by atoms with E-state index in [0.29, 0.717) is 43.2 Å². The summed E-state index contributed by atoms with van der Waals surface area (Å²) in [4.78, 5) is 28.7. The van der Waals surface area contributed by atoms with Crippen LogP contribution < -0.4 is 15.1 Å². The molecule has 1 N–H and O–H groups in total. The predicted molar refractivity (Wildman–Crippen MR) is 145 cm³/mol. The summed E-state index contributed by atoms with van der Waals surface area (Å²) in [7, 11) is -3.21. The van der Waals surface area contributed by atoms with Gasteiger partial charge in [-0.2, -0.15) is 4.31 Å². The molecule has 0 spiro atoms. The van der Waals surface area contributed by atoms with Crippen molar-refractivity contribution in [3.63, 3.8) is 0 Å². The van der Waals surface area contributed by atoms with Crippen molar-refractivity contribution in [3.05, 3.63) is 53.9 Å². The molecule has 0 radical (unpaired) electrons. The first-order chi connectivity index (χ1) is 18.5. The first-order valence-electron chi connectivity index (χ1n) is 12.6. The number of rotatable bonds is 6. The topological polar surface area (TPSA) is 112 Å². The van der Waals surface area contributed by atoms with Gasteiger partial charge in [-0.25, -0.2) is 32.2 Å². The summed E-state index contributed by atoms with van der Waals surface area (Å²) < 4.78 is 54.8. The van der Waals surface area contributed by atoms with Crippen molar-refractivity contribution in [1.29, 1.82) is 0 Å². The lowest BCUT2D eigenvalue weighted by Gasteiger charge is -2.34. The number of carbonyl (C=O) groups is 1. The summed E-state index contributed by atoms with van der Waals surface area (Å²) in [5.41, 5.74) is 1.87. The minimum atomic E-state index is -3.21. The fraction of sp³-hybridized carbons (Fsp3) is 0.385. The highest BCUT2D eigenvalue weighted by atomic mass is 32.2. The van der Waals surface area contributed by atoms with Crippen LogP contribution in [0.25, 0.3) is 11.3 Å². The van der Waals surface area contributed by atoms with Gasteiger partial charge in [0.05, 0.1) is 30.9 Å². The molecule has 0 bridgehead atoms. The Kier molecular flexibility index (Phi) is 7.21. The molecule has 1 fully saturated rings. The van der Waals surface area contributed by atoms with E-state index in [4.69, 9.17) is 0 Å². The maximum absolute atomic E-state index is 15.1. The number of hydrogen-bond donors (Lipinski definition) is 1. The minimum absolute atomic E-state index is 0.00121. The van der Waals surface area contributed by atoms with Crippen molar-refractivity contribution >= 4 is 38.9 Å². The van der Waals surface area contributed by atoms with Crippen LogP contribution in [0.2, 0.25) is 0 Å². The molecule has 0 unspecified atom stereocenters. The zero-order valence-corrected chi connectivity index (χ0v) is 22.7. The lowest BCUT2D eigenvalue weighted by Crippen LogP contribution is -2.48. The summed E-state index contributed by atoms with van der Waals surface area (Å²) in [5, 5.41) is 2.95. The van der Waals surface area contributed by atoms with Gasteiger partial charge in [-0.1, -0.05) is 0 Å². The zero-order valence-electron chi connectivity index (χ0n) is 21.9. The molecule has 2 aromatic heterocycles. The normalized spacial score (nSPS) is 16.5. The molecular formula is C26H29F2N7O3S. The van der Waals surface area contributed by atoms with Crippen molar-refractivity contribution in [2.24, 2.45) is 0 Å². The van der Waals surface area contributed by atoms with Crippen molar-refractivity contribution < 1.29 is 22.0 Å². The summed E-state index contributed by atoms with van der Waals surface area (Å²) in [5.74, 6) is -0.852. The Balaban J connectivity index is 1.35. The van der Waals surface area contributed by atoms with Crippen molar-refractivity contribution in [1.82, 2.24) is 19.3 Å². The second kappa shape index (κ2) is 10.5. The Morgan fingerprint density at radius 2 is 1.74 bits per heavy atom. The maximum Gasteiger partial charge on any atom is 0.229 e. The predicted octanol–water partition coefficient (Wildman–Crippen LogP) is 2.98. The third-order valence-electron chi connectivity index (χ3n) is 6.90. The molecule has 0 atom stereocenters. The number of ketones is 1. The number of anilines is 4. The molecule has 1 aromatic carbocycles. The maximum atomic E-state index is 15.1. The van der Waals surface area contributed by atoms with Gasteiger partial charge < -0.3 is 15.1 Å². The van der Waals surface area contributed by atoms with Crippen LogP contribution in [0.1, 0.15) is 19.4 Å². The number of nitrogens with zero attached hydrogens (tertiary/aromatic N) is 6. The van der Waals surface area contributed by atoms with E-state index in [-0.39, 0.29) is 42.0 Å². The lowest BCUT2D eigenvalue weighted by molar-refractivity contribution is -0.117. The van der Waals surface area contributed by atoms with E-state index in [9.17, 15) is 17.6 Å². The number of nitrogens with one attached hydrogen (secondary N) is 1. The standard InChI is InChI=1S/C26H29F2N7O3S/c1-16(2)35-15-19(36)12-20-21(27)10-17(11-23(20)35)25-22(28)14-30-26(32-25)31-24-5-4-18(13-29-24)33-6-8-34(9-7-33)39(3,37)38/h4-5,10-11,13-14,16H,6-9,12,15H2,1-3H3,(H,29,30,31,32). The third-order valence-corrected chi connectivity index (χ3v) is 8.21. The molecule has 0 saturated carbocycles. The average molecular weight is 558 g/mol. The van der Waals surface area contributed by atoms with Crippen molar-refractivity contribution in [2.45, 2.75) is 26.3 Å². The van der Waals surface area contributed by atoms with E-state index < -0.39 is 21.7 Å². The summed E-state index contributed by atoms with van der Waals surface area (Å²) in [6.45, 7) is 5.89. The SMILES string of the molecule is CC(C)N1CC(=O)Cc2c(F)cc(-c3nc(Nc4ccc(N5CCN(S(C)(=O)=O)CC5)cn4)ncc3F)cc21. The number of sulfonamides is 1. The molecule has 206 valence electrons. The van der Waals surface area contributed by atoms with Crippen molar-refractivity contribution in [2.75, 3.05) is 54.1 Å². The number of carbonyl (C=O) groups excluding carboxylic acids is 1. The van der Waals surface area contributed by atoms with Gasteiger partial charge in [0, 0.05) is 55.5 Å². The van der Waals surface area contributed by atoms with E-state index in [2.05, 4.69) is 20.3 Å². The first-order valence-corrected chi connectivity index (χ1v) is 14.4. The van der Waals surface area contributed by atoms with Gasteiger partial charge in [0.25, 0.3) is 0 Å². The molecule has 3 aromatic rings. The van der Waals surface area contributed by atoms with Crippen LogP contribution in [0.5, 0.6) is 0 Å². The monoisotopic (exact) mass is 557 g/mol. The zero-order chi connectivity index (χ0) is 27.9. The highest BCUT2D eigenvalue weighted by Gasteiger charge is 2.28. The number of halogens is 2. The lowest BCUT2D eigenvalue weighted by atomic mass is 9.96. The third kappa shape index (κ3) is 5.69. The summed E-state index contributed by atoms with van der Waals surface area (Å²) in [6, 6.07) is 6.38. The number of Topliss-reactive ketones (excluding diaryl/α,β-unsaturated/α-hetero) is 1. The smallest absolute Gasteiger partial charge is 0.229 e. The van der Waals surface area contributed by atoms with Gasteiger partial charge in [-0.3, -0.25) is 4.79 Å². The number of benzene rings is 1. The first kappa shape index (κ1) is 26.9. The van der Waals surface area contributed by atoms with E-state index >= 15 is 4.39 Å². The molecule has 2 aliphatic heterocycles. The number of pyridine rings is 1. The fourth-order valence-corrected chi connectivity index (χ4v) is 5.67. The summed E-state index contributed by atoms with van der Waals surface area (Å²) >= 11 is 0. The van der Waals surface area contributed by atoms with E-state index in [0.717, 1.165) is 11.9 Å². The molecule has 39 heavy (non-hydrogen) atoms. The number of piperazine rings is 1. The Morgan fingerprint density at radius 1 is 1.00 bits per heavy atom. The Bertz CT molecular complexity index is 1510. The summed E-state index contributed by atoms with van der Waals surface area (Å²) in [6.07, 6.45) is 3.88. The molecule has 4 heterocycles. The number of fused-ring (bicyclic) bond motifs is 1. The fourth-order valence-electron chi connectivity index (χ4n) is 4.85. The van der Waals surface area contributed by atoms with Gasteiger partial charge in [-0.05, 0) is 38.1 Å². The van der Waals surface area contributed by atoms with Gasteiger partial charge >= 0.3 is 0 Å². The van der Waals surface area contributed by atoms with Crippen LogP contribution in [-0.4, -0.2) is 78.5 Å². The van der Waals surface area contributed by atoms with Crippen LogP contribution >= 0.6 is 0 Å². The van der Waals surface area contributed by atoms with E-state index in [1.54, 1.807) is 23.2 Å². The minimum Gasteiger partial charge on any atom is -0.368 e. The second-order valence-electron chi connectivity index (χ2n) is 9.96. The molecule has 0 aliphatic carbocycles. The number of hydrogen-bond acceptors (Lipinski definition) is 9. The van der Waals surface area contributed by atoms with E-state index in [1.807, 2.05) is 24.8 Å². The average Bonchev–Trinajstić information content (AvgIpc) is 2.89. The van der Waals surface area contributed by atoms with Gasteiger partial charge in [-0.15, -0.1) is 0 Å². The highest BCUT2D eigenvalue weighted by Crippen LogP contribution is 2.35. The number of aromatic nitrogens is 3. The van der Waals surface area contributed by atoms with Crippen molar-refractivity contribution in [3.8, 4) is 11.3 Å². The Morgan fingerprint density at radius 3 is 2.38 bits per heavy atom. The quantitative estimate of drug-likeness (QED) is 0.489. The van der Waals surface area contributed by atoms with Crippen LogP contribution in [0.4, 0.5) is 31.9 Å². The molecule has 2 aliphatic rings. The molecule has 13 heteroatoms. The Hall–Kier alpha value is -3.71. The molecule has 1 saturated heterocycles. The molecular weight excluding hydrogens is 528 g/mol. The van der Waals surface area contributed by atoms with Gasteiger partial charge in [0.1, 0.15) is 17.3 Å². The molecule has 10 nitrogen and oxygen atoms in total. The largest absolute Gasteiger partial charge is 0.368 e. The van der Waals surface area contributed by atoms with Crippen LogP contribution in [-0.2, 0) is 21.2 Å². The van der Waals surface area contributed by atoms with Gasteiger partial charge in [0.15, 0.2) is 11.6 Å². The van der Waals surface area contributed by atoms with E-state index in [1.165, 1.54) is 16.6 Å². The molecule has 0 amide bonds. The molecule has 5 rings (SSSR count). The van der Waals surface area contributed by atoms with Gasteiger partial charge in [0.2, 0.25) is 16.0 Å². The van der Waals surface area contributed by atoms with Crippen LogP contribution in [0, 0.1) is 11.6 Å². The van der Waals surface area contributed by atoms with Crippen LogP contribution in [0.3, 0.4) is 0 Å². The highest BCUT2D eigenvalue weighted by molar-refractivity contribution is 7.88. The second-order valence-corrected chi connectivity index (χ2v) is 11.9.